The maximum absolute atomic E-state index is 12.3. The van der Waals surface area contributed by atoms with Crippen LogP contribution in [0.3, 0.4) is 0 Å². The molecular weight excluding hydrogens is 416 g/mol. The second-order valence-corrected chi connectivity index (χ2v) is 7.28. The van der Waals surface area contributed by atoms with Crippen LogP contribution in [-0.2, 0) is 11.3 Å². The van der Waals surface area contributed by atoms with Gasteiger partial charge in [-0.05, 0) is 36.8 Å². The van der Waals surface area contributed by atoms with Crippen LogP contribution in [0.25, 0.3) is 0 Å². The quantitative estimate of drug-likeness (QED) is 0.314. The number of benzene rings is 1. The lowest BCUT2D eigenvalue weighted by Gasteiger charge is -2.09. The normalized spacial score (nSPS) is 11.4. The summed E-state index contributed by atoms with van der Waals surface area (Å²) in [5.41, 5.74) is 4.20. The molecule has 0 radical (unpaired) electrons. The first-order valence-corrected chi connectivity index (χ1v) is 9.74. The van der Waals surface area contributed by atoms with E-state index >= 15 is 0 Å². The second-order valence-electron chi connectivity index (χ2n) is 7.28. The molecule has 0 aliphatic carbocycles. The summed E-state index contributed by atoms with van der Waals surface area (Å²) in [7, 11) is 0. The number of nitro groups is 1. The number of carbonyl (C=O) groups is 2. The maximum atomic E-state index is 12.3. The van der Waals surface area contributed by atoms with Gasteiger partial charge in [0.05, 0.1) is 17.2 Å². The number of amides is 2. The van der Waals surface area contributed by atoms with Gasteiger partial charge in [-0.2, -0.15) is 10.2 Å². The largest absolute Gasteiger partial charge is 0.454 e. The molecule has 3 aromatic rings. The third-order valence-electron chi connectivity index (χ3n) is 4.43. The highest BCUT2D eigenvalue weighted by Crippen LogP contribution is 2.14. The molecule has 0 fully saturated rings. The summed E-state index contributed by atoms with van der Waals surface area (Å²) in [6, 6.07) is 10.2. The fraction of sp³-hybridized carbons (Fsp3) is 0.238. The topological polar surface area (TPSA) is 145 Å². The van der Waals surface area contributed by atoms with Crippen LogP contribution in [0.4, 0.5) is 11.4 Å². The van der Waals surface area contributed by atoms with Gasteiger partial charge in [-0.3, -0.25) is 24.4 Å². The number of furan rings is 1. The molecule has 2 N–H and O–H groups in total. The van der Waals surface area contributed by atoms with Gasteiger partial charge in [-0.15, -0.1) is 0 Å². The third kappa shape index (κ3) is 5.65. The van der Waals surface area contributed by atoms with Crippen LogP contribution >= 0.6 is 0 Å². The Bertz CT molecular complexity index is 1180. The van der Waals surface area contributed by atoms with Gasteiger partial charge in [0.1, 0.15) is 18.2 Å². The molecule has 2 heterocycles. The van der Waals surface area contributed by atoms with Gasteiger partial charge in [0.15, 0.2) is 5.76 Å². The molecule has 0 aliphatic rings. The summed E-state index contributed by atoms with van der Waals surface area (Å²) >= 11 is 0. The van der Waals surface area contributed by atoms with Gasteiger partial charge in [0, 0.05) is 11.6 Å². The molecule has 11 nitrogen and oxygen atoms in total. The first-order chi connectivity index (χ1) is 15.2. The minimum atomic E-state index is -0.550. The van der Waals surface area contributed by atoms with Crippen molar-refractivity contribution in [1.29, 1.82) is 0 Å². The Morgan fingerprint density at radius 1 is 1.28 bits per heavy atom. The fourth-order valence-electron chi connectivity index (χ4n) is 2.64. The fourth-order valence-corrected chi connectivity index (χ4v) is 2.64. The molecule has 0 unspecified atom stereocenters. The summed E-state index contributed by atoms with van der Waals surface area (Å²) in [5, 5.41) is 21.5. The average Bonchev–Trinajstić information content (AvgIpc) is 3.42. The third-order valence-corrected chi connectivity index (χ3v) is 4.43. The van der Waals surface area contributed by atoms with Crippen LogP contribution in [0.15, 0.2) is 58.3 Å². The summed E-state index contributed by atoms with van der Waals surface area (Å²) < 4.78 is 6.82. The first-order valence-electron chi connectivity index (χ1n) is 9.74. The number of aromatic nitrogens is 2. The highest BCUT2D eigenvalue weighted by molar-refractivity contribution is 6.02. The highest BCUT2D eigenvalue weighted by atomic mass is 16.6. The molecule has 1 aromatic carbocycles. The van der Waals surface area contributed by atoms with Gasteiger partial charge in [0.25, 0.3) is 0 Å². The highest BCUT2D eigenvalue weighted by Gasteiger charge is 2.14. The Labute approximate surface area is 183 Å². The number of anilines is 1. The van der Waals surface area contributed by atoms with Crippen LogP contribution in [0.2, 0.25) is 0 Å². The maximum Gasteiger partial charge on any atom is 0.307 e. The van der Waals surface area contributed by atoms with E-state index < -0.39 is 10.8 Å². The van der Waals surface area contributed by atoms with Crippen molar-refractivity contribution in [3.63, 3.8) is 0 Å². The number of hydrogen-bond acceptors (Lipinski definition) is 7. The zero-order chi connectivity index (χ0) is 23.3. The molecule has 0 bridgehead atoms. The van der Waals surface area contributed by atoms with Crippen molar-refractivity contribution < 1.29 is 18.9 Å². The van der Waals surface area contributed by atoms with Crippen molar-refractivity contribution in [2.45, 2.75) is 27.3 Å². The lowest BCUT2D eigenvalue weighted by molar-refractivity contribution is -0.385. The number of hydrogen-bond donors (Lipinski definition) is 2. The van der Waals surface area contributed by atoms with Crippen LogP contribution in [0.1, 0.15) is 42.6 Å². The zero-order valence-corrected chi connectivity index (χ0v) is 17.7. The minimum absolute atomic E-state index is 0.0381. The summed E-state index contributed by atoms with van der Waals surface area (Å²) in [4.78, 5) is 34.4. The molecule has 0 saturated carbocycles. The molecule has 11 heteroatoms. The Kier molecular flexibility index (Phi) is 6.78. The standard InChI is InChI=1S/C21H22N6O5/c1-13(2)20(28)23-16-6-4-5-15(9-16)14(3)24-25-21(29)19-8-7-18(32-19)12-26-11-17(10-22-26)27(30)31/h4-11,13H,12H2,1-3H3,(H,23,28)(H,25,29)/b24-14-. The number of carbonyl (C=O) groups excluding carboxylic acids is 2. The number of nitrogens with one attached hydrogen (secondary N) is 2. The molecule has 0 saturated heterocycles. The smallest absolute Gasteiger partial charge is 0.307 e. The van der Waals surface area contributed by atoms with E-state index in [1.54, 1.807) is 45.0 Å². The molecule has 2 amide bonds. The lowest BCUT2D eigenvalue weighted by atomic mass is 10.1. The summed E-state index contributed by atoms with van der Waals surface area (Å²) in [6.07, 6.45) is 2.41. The second kappa shape index (κ2) is 9.69. The predicted octanol–water partition coefficient (Wildman–Crippen LogP) is 3.18. The van der Waals surface area contributed by atoms with Crippen molar-refractivity contribution in [3.05, 3.63) is 76.0 Å². The predicted molar refractivity (Wildman–Crippen MR) is 116 cm³/mol. The number of rotatable bonds is 8. The molecule has 2 aromatic heterocycles. The lowest BCUT2D eigenvalue weighted by Crippen LogP contribution is -2.19. The molecule has 0 aliphatic heterocycles. The van der Waals surface area contributed by atoms with E-state index in [4.69, 9.17) is 4.42 Å². The first kappa shape index (κ1) is 22.4. The van der Waals surface area contributed by atoms with Crippen molar-refractivity contribution in [2.75, 3.05) is 5.32 Å². The Balaban J connectivity index is 1.62. The summed E-state index contributed by atoms with van der Waals surface area (Å²) in [5.74, 6) is -0.345. The minimum Gasteiger partial charge on any atom is -0.454 e. The number of nitrogens with zero attached hydrogens (tertiary/aromatic N) is 4. The van der Waals surface area contributed by atoms with E-state index in [9.17, 15) is 19.7 Å². The Morgan fingerprint density at radius 2 is 2.06 bits per heavy atom. The molecule has 166 valence electrons. The summed E-state index contributed by atoms with van der Waals surface area (Å²) in [6.45, 7) is 5.47. The Morgan fingerprint density at radius 3 is 2.75 bits per heavy atom. The molecular formula is C21H22N6O5. The average molecular weight is 438 g/mol. The van der Waals surface area contributed by atoms with Gasteiger partial charge in [-0.1, -0.05) is 26.0 Å². The van der Waals surface area contributed by atoms with E-state index in [1.165, 1.54) is 16.9 Å². The Hall–Kier alpha value is -4.28. The van der Waals surface area contributed by atoms with Crippen molar-refractivity contribution in [3.8, 4) is 0 Å². The van der Waals surface area contributed by atoms with E-state index in [0.717, 1.165) is 11.8 Å². The van der Waals surface area contributed by atoms with Crippen LogP contribution in [-0.4, -0.2) is 32.2 Å². The van der Waals surface area contributed by atoms with Crippen LogP contribution in [0.5, 0.6) is 0 Å². The molecule has 3 rings (SSSR count). The molecule has 0 spiro atoms. The van der Waals surface area contributed by atoms with Crippen LogP contribution in [0, 0.1) is 16.0 Å². The van der Waals surface area contributed by atoms with Crippen molar-refractivity contribution in [2.24, 2.45) is 11.0 Å². The van der Waals surface area contributed by atoms with E-state index in [1.807, 2.05) is 6.07 Å². The van der Waals surface area contributed by atoms with Crippen molar-refractivity contribution in [1.82, 2.24) is 15.2 Å². The zero-order valence-electron chi connectivity index (χ0n) is 17.7. The van der Waals surface area contributed by atoms with Gasteiger partial charge in [0.2, 0.25) is 5.91 Å². The van der Waals surface area contributed by atoms with Gasteiger partial charge >= 0.3 is 11.6 Å². The molecule has 0 atom stereocenters. The van der Waals surface area contributed by atoms with Gasteiger partial charge in [-0.25, -0.2) is 5.43 Å². The van der Waals surface area contributed by atoms with Crippen molar-refractivity contribution >= 4 is 28.9 Å². The van der Waals surface area contributed by atoms with Gasteiger partial charge < -0.3 is 9.73 Å². The van der Waals surface area contributed by atoms with E-state index in [0.29, 0.717) is 17.2 Å². The number of hydrazone groups is 1. The van der Waals surface area contributed by atoms with E-state index in [-0.39, 0.29) is 29.8 Å². The van der Waals surface area contributed by atoms with Crippen LogP contribution < -0.4 is 10.7 Å². The monoisotopic (exact) mass is 438 g/mol. The van der Waals surface area contributed by atoms with E-state index in [2.05, 4.69) is 20.9 Å². The molecule has 32 heavy (non-hydrogen) atoms. The SMILES string of the molecule is C/C(=N/NC(=O)c1ccc(Cn2cc([N+](=O)[O-])cn2)o1)c1cccc(NC(=O)C(C)C)c1.